The van der Waals surface area contributed by atoms with E-state index in [1.807, 2.05) is 31.2 Å². The van der Waals surface area contributed by atoms with Crippen LogP contribution in [0.1, 0.15) is 40.6 Å². The Balaban J connectivity index is 1.64. The van der Waals surface area contributed by atoms with Gasteiger partial charge in [-0.3, -0.25) is 9.78 Å². The van der Waals surface area contributed by atoms with Crippen LogP contribution in [-0.2, 0) is 0 Å². The maximum atomic E-state index is 12.8. The van der Waals surface area contributed by atoms with E-state index in [0.29, 0.717) is 11.6 Å². The summed E-state index contributed by atoms with van der Waals surface area (Å²) in [6.45, 7) is 2.04. The first-order valence-corrected chi connectivity index (χ1v) is 7.88. The van der Waals surface area contributed by atoms with Gasteiger partial charge in [0.15, 0.2) is 0 Å². The maximum absolute atomic E-state index is 12.8. The van der Waals surface area contributed by atoms with Crippen molar-refractivity contribution in [2.45, 2.75) is 25.8 Å². The van der Waals surface area contributed by atoms with E-state index in [0.717, 1.165) is 29.6 Å². The lowest BCUT2D eigenvalue weighted by atomic mass is 10.1. The monoisotopic (exact) mass is 306 g/mol. The molecule has 0 bridgehead atoms. The van der Waals surface area contributed by atoms with Crippen LogP contribution in [0.5, 0.6) is 0 Å². The van der Waals surface area contributed by atoms with Gasteiger partial charge in [-0.05, 0) is 61.6 Å². The second kappa shape index (κ2) is 5.50. The van der Waals surface area contributed by atoms with Crippen LogP contribution in [0.25, 0.3) is 5.52 Å². The average Bonchev–Trinajstić information content (AvgIpc) is 3.28. The molecule has 1 N–H and O–H groups in total. The Bertz CT molecular complexity index is 866. The lowest BCUT2D eigenvalue weighted by Gasteiger charge is -2.18. The third-order valence-electron chi connectivity index (χ3n) is 4.29. The molecule has 5 heteroatoms. The highest BCUT2D eigenvalue weighted by Gasteiger charge is 2.34. The number of hydrogen-bond acceptors (Lipinski definition) is 3. The van der Waals surface area contributed by atoms with Gasteiger partial charge in [0.05, 0.1) is 23.4 Å². The number of hydrogen-bond donors (Lipinski definition) is 1. The average molecular weight is 306 g/mol. The number of carbonyl (C=O) groups is 1. The van der Waals surface area contributed by atoms with E-state index < -0.39 is 0 Å². The third kappa shape index (κ3) is 2.70. The molecule has 0 aromatic carbocycles. The molecule has 1 saturated carbocycles. The van der Waals surface area contributed by atoms with Gasteiger partial charge in [0.1, 0.15) is 5.69 Å². The summed E-state index contributed by atoms with van der Waals surface area (Å²) in [5, 5.41) is 7.39. The molecule has 1 aliphatic rings. The van der Waals surface area contributed by atoms with Crippen LogP contribution in [0.15, 0.2) is 48.8 Å². The summed E-state index contributed by atoms with van der Waals surface area (Å²) in [4.78, 5) is 17.2. The lowest BCUT2D eigenvalue weighted by Crippen LogP contribution is -2.32. The molecule has 1 unspecified atom stereocenters. The highest BCUT2D eigenvalue weighted by atomic mass is 16.2. The second-order valence-electron chi connectivity index (χ2n) is 6.13. The number of aryl methyl sites for hydroxylation is 1. The summed E-state index contributed by atoms with van der Waals surface area (Å²) in [5.41, 5.74) is 3.55. The van der Waals surface area contributed by atoms with Gasteiger partial charge < -0.3 is 5.32 Å². The molecular formula is C18H18N4O. The van der Waals surface area contributed by atoms with E-state index in [2.05, 4.69) is 21.5 Å². The van der Waals surface area contributed by atoms with Gasteiger partial charge in [-0.15, -0.1) is 0 Å². The molecule has 0 radical (unpaired) electrons. The number of nitrogens with one attached hydrogen (secondary N) is 1. The molecule has 1 aliphatic carbocycles. The summed E-state index contributed by atoms with van der Waals surface area (Å²) < 4.78 is 1.67. The summed E-state index contributed by atoms with van der Waals surface area (Å²) in [5.74, 6) is 0.365. The molecule has 1 atom stereocenters. The summed E-state index contributed by atoms with van der Waals surface area (Å²) in [6, 6.07) is 11.5. The zero-order chi connectivity index (χ0) is 15.8. The van der Waals surface area contributed by atoms with E-state index in [1.165, 1.54) is 0 Å². The fourth-order valence-corrected chi connectivity index (χ4v) is 2.93. The first-order chi connectivity index (χ1) is 11.2. The second-order valence-corrected chi connectivity index (χ2v) is 6.13. The quantitative estimate of drug-likeness (QED) is 0.806. The Morgan fingerprint density at radius 3 is 2.91 bits per heavy atom. The molecule has 0 saturated heterocycles. The Hall–Kier alpha value is -2.69. The predicted octanol–water partition coefficient (Wildman–Crippen LogP) is 2.92. The lowest BCUT2D eigenvalue weighted by molar-refractivity contribution is 0.0923. The highest BCUT2D eigenvalue weighted by Crippen LogP contribution is 2.40. The minimum Gasteiger partial charge on any atom is -0.342 e. The topological polar surface area (TPSA) is 59.3 Å². The Kier molecular flexibility index (Phi) is 3.33. The minimum atomic E-state index is -0.112. The van der Waals surface area contributed by atoms with Crippen molar-refractivity contribution in [2.24, 2.45) is 5.92 Å². The SMILES string of the molecule is Cc1ccnc(C(NC(=O)c2cccc3ccnn23)C2CC2)c1. The smallest absolute Gasteiger partial charge is 0.270 e. The highest BCUT2D eigenvalue weighted by molar-refractivity contribution is 5.93. The Morgan fingerprint density at radius 2 is 2.13 bits per heavy atom. The molecule has 23 heavy (non-hydrogen) atoms. The first-order valence-electron chi connectivity index (χ1n) is 7.88. The number of amides is 1. The van der Waals surface area contributed by atoms with Crippen LogP contribution < -0.4 is 5.32 Å². The predicted molar refractivity (Wildman–Crippen MR) is 87.1 cm³/mol. The van der Waals surface area contributed by atoms with Gasteiger partial charge in [-0.25, -0.2) is 4.52 Å². The van der Waals surface area contributed by atoms with E-state index in [4.69, 9.17) is 0 Å². The normalized spacial score (nSPS) is 15.5. The summed E-state index contributed by atoms with van der Waals surface area (Å²) >= 11 is 0. The van der Waals surface area contributed by atoms with Gasteiger partial charge in [0.25, 0.3) is 5.91 Å². The standard InChI is InChI=1S/C18H18N4O/c1-12-7-9-19-15(11-12)17(13-5-6-13)21-18(23)16-4-2-3-14-8-10-20-22(14)16/h2-4,7-11,13,17H,5-6H2,1H3,(H,21,23). The van der Waals surface area contributed by atoms with Crippen molar-refractivity contribution >= 4 is 11.4 Å². The van der Waals surface area contributed by atoms with Crippen molar-refractivity contribution in [1.29, 1.82) is 0 Å². The van der Waals surface area contributed by atoms with Gasteiger partial charge in [-0.1, -0.05) is 6.07 Å². The molecule has 0 spiro atoms. The molecule has 3 heterocycles. The van der Waals surface area contributed by atoms with Crippen molar-refractivity contribution in [3.63, 3.8) is 0 Å². The third-order valence-corrected chi connectivity index (χ3v) is 4.29. The number of fused-ring (bicyclic) bond motifs is 1. The van der Waals surface area contributed by atoms with Crippen LogP contribution >= 0.6 is 0 Å². The molecule has 0 aliphatic heterocycles. The van der Waals surface area contributed by atoms with E-state index >= 15 is 0 Å². The largest absolute Gasteiger partial charge is 0.342 e. The van der Waals surface area contributed by atoms with Crippen molar-refractivity contribution in [3.8, 4) is 0 Å². The van der Waals surface area contributed by atoms with Gasteiger partial charge in [0, 0.05) is 6.20 Å². The molecule has 1 amide bonds. The fourth-order valence-electron chi connectivity index (χ4n) is 2.93. The van der Waals surface area contributed by atoms with E-state index in [1.54, 1.807) is 23.0 Å². The summed E-state index contributed by atoms with van der Waals surface area (Å²) in [6.07, 6.45) is 5.77. The van der Waals surface area contributed by atoms with Crippen molar-refractivity contribution < 1.29 is 4.79 Å². The number of carbonyl (C=O) groups excluding carboxylic acids is 1. The van der Waals surface area contributed by atoms with Gasteiger partial charge in [-0.2, -0.15) is 5.10 Å². The molecule has 5 nitrogen and oxygen atoms in total. The van der Waals surface area contributed by atoms with Crippen LogP contribution in [0.4, 0.5) is 0 Å². The fraction of sp³-hybridized carbons (Fsp3) is 0.278. The van der Waals surface area contributed by atoms with E-state index in [-0.39, 0.29) is 11.9 Å². The van der Waals surface area contributed by atoms with Crippen LogP contribution in [0.3, 0.4) is 0 Å². The van der Waals surface area contributed by atoms with Gasteiger partial charge >= 0.3 is 0 Å². The van der Waals surface area contributed by atoms with Crippen molar-refractivity contribution in [3.05, 3.63) is 65.7 Å². The van der Waals surface area contributed by atoms with Crippen LogP contribution in [0, 0.1) is 12.8 Å². The van der Waals surface area contributed by atoms with Gasteiger partial charge in [0.2, 0.25) is 0 Å². The first kappa shape index (κ1) is 13.9. The molecule has 3 aromatic heterocycles. The van der Waals surface area contributed by atoms with Crippen LogP contribution in [-0.4, -0.2) is 20.5 Å². The number of aromatic nitrogens is 3. The molecule has 3 aromatic rings. The van der Waals surface area contributed by atoms with Crippen molar-refractivity contribution in [1.82, 2.24) is 19.9 Å². The maximum Gasteiger partial charge on any atom is 0.270 e. The number of pyridine rings is 2. The van der Waals surface area contributed by atoms with Crippen molar-refractivity contribution in [2.75, 3.05) is 0 Å². The molecular weight excluding hydrogens is 288 g/mol. The molecule has 116 valence electrons. The molecule has 4 rings (SSSR count). The van der Waals surface area contributed by atoms with E-state index in [9.17, 15) is 4.79 Å². The summed E-state index contributed by atoms with van der Waals surface area (Å²) in [7, 11) is 0. The minimum absolute atomic E-state index is 0.0341. The Morgan fingerprint density at radius 1 is 1.26 bits per heavy atom. The zero-order valence-electron chi connectivity index (χ0n) is 12.9. The van der Waals surface area contributed by atoms with Crippen LogP contribution in [0.2, 0.25) is 0 Å². The number of nitrogens with zero attached hydrogens (tertiary/aromatic N) is 3. The number of rotatable bonds is 4. The molecule has 1 fully saturated rings. The zero-order valence-corrected chi connectivity index (χ0v) is 12.9. The Labute approximate surface area is 134 Å².